The van der Waals surface area contributed by atoms with Gasteiger partial charge in [0.05, 0.1) is 11.2 Å². The normalized spacial score (nSPS) is 17.8. The van der Waals surface area contributed by atoms with Gasteiger partial charge in [-0.2, -0.15) is 0 Å². The molecule has 1 unspecified atom stereocenters. The number of halogens is 1. The molecule has 0 spiro atoms. The van der Waals surface area contributed by atoms with E-state index >= 15 is 0 Å². The quantitative estimate of drug-likeness (QED) is 0.554. The van der Waals surface area contributed by atoms with Crippen molar-refractivity contribution in [2.45, 2.75) is 58.8 Å². The van der Waals surface area contributed by atoms with Crippen molar-refractivity contribution in [2.24, 2.45) is 0 Å². The van der Waals surface area contributed by atoms with E-state index in [0.29, 0.717) is 21.7 Å². The van der Waals surface area contributed by atoms with Crippen LogP contribution >= 0.6 is 11.6 Å². The Balaban J connectivity index is 1.81. The monoisotopic (exact) mass is 443 g/mol. The number of rotatable bonds is 5. The minimum atomic E-state index is -1.07. The van der Waals surface area contributed by atoms with E-state index in [4.69, 9.17) is 25.6 Å². The van der Waals surface area contributed by atoms with Gasteiger partial charge in [-0.1, -0.05) is 41.9 Å². The second-order valence-corrected chi connectivity index (χ2v) is 9.07. The van der Waals surface area contributed by atoms with E-state index in [0.717, 1.165) is 5.56 Å². The number of ether oxygens (including phenoxy) is 1. The largest absolute Gasteiger partial charge is 0.496 e. The van der Waals surface area contributed by atoms with Gasteiger partial charge in [-0.05, 0) is 52.3 Å². The molecule has 1 heterocycles. The molecule has 1 N–H and O–H groups in total. The summed E-state index contributed by atoms with van der Waals surface area (Å²) < 4.78 is 17.4. The van der Waals surface area contributed by atoms with Crippen molar-refractivity contribution >= 4 is 41.7 Å². The SMILES string of the molecule is CC(=O)OC(C(=O)Nc1ccc(B2OC(C)(C)C(C)(C)O2)c(Cl)c1)c1ccccc1C. The summed E-state index contributed by atoms with van der Waals surface area (Å²) in [7, 11) is -0.608. The topological polar surface area (TPSA) is 73.9 Å². The number of hydrogen-bond donors (Lipinski definition) is 1. The molecule has 3 rings (SSSR count). The number of nitrogens with one attached hydrogen (secondary N) is 1. The Morgan fingerprint density at radius 2 is 1.68 bits per heavy atom. The number of aryl methyl sites for hydroxylation is 1. The first-order chi connectivity index (χ1) is 14.4. The summed E-state index contributed by atoms with van der Waals surface area (Å²) in [6, 6.07) is 12.4. The molecule has 6 nitrogen and oxygen atoms in total. The molecule has 1 fully saturated rings. The van der Waals surface area contributed by atoms with Gasteiger partial charge in [0, 0.05) is 28.7 Å². The van der Waals surface area contributed by atoms with Crippen LogP contribution < -0.4 is 10.8 Å². The van der Waals surface area contributed by atoms with Crippen LogP contribution in [0.2, 0.25) is 5.02 Å². The Hall–Kier alpha value is -2.35. The van der Waals surface area contributed by atoms with Crippen LogP contribution in [-0.4, -0.2) is 30.2 Å². The molecule has 0 bridgehead atoms. The van der Waals surface area contributed by atoms with Gasteiger partial charge in [0.15, 0.2) is 0 Å². The van der Waals surface area contributed by atoms with Crippen LogP contribution in [0.4, 0.5) is 5.69 Å². The Labute approximate surface area is 188 Å². The maximum absolute atomic E-state index is 12.9. The molecule has 1 saturated heterocycles. The molecule has 164 valence electrons. The predicted octanol–water partition coefficient (Wildman–Crippen LogP) is 4.19. The van der Waals surface area contributed by atoms with Gasteiger partial charge >= 0.3 is 13.1 Å². The van der Waals surface area contributed by atoms with Gasteiger partial charge in [-0.3, -0.25) is 9.59 Å². The summed E-state index contributed by atoms with van der Waals surface area (Å²) >= 11 is 6.49. The van der Waals surface area contributed by atoms with Crippen molar-refractivity contribution in [3.63, 3.8) is 0 Å². The molecule has 1 aliphatic heterocycles. The number of amides is 1. The van der Waals surface area contributed by atoms with E-state index in [1.807, 2.05) is 46.8 Å². The molecule has 1 aliphatic rings. The zero-order chi connectivity index (χ0) is 23.0. The molecule has 2 aromatic rings. The fourth-order valence-corrected chi connectivity index (χ4v) is 3.55. The van der Waals surface area contributed by atoms with Crippen molar-refractivity contribution in [3.05, 3.63) is 58.6 Å². The van der Waals surface area contributed by atoms with E-state index in [9.17, 15) is 9.59 Å². The van der Waals surface area contributed by atoms with Crippen molar-refractivity contribution in [1.29, 1.82) is 0 Å². The number of benzene rings is 2. The standard InChI is InChI=1S/C23H27BClNO5/c1-14-9-7-8-10-17(14)20(29-15(2)27)21(28)26-16-11-12-18(19(25)13-16)24-30-22(3,4)23(5,6)31-24/h7-13,20H,1-6H3,(H,26,28). The molecule has 31 heavy (non-hydrogen) atoms. The molecule has 1 amide bonds. The van der Waals surface area contributed by atoms with E-state index < -0.39 is 36.3 Å². The first-order valence-corrected chi connectivity index (χ1v) is 10.5. The maximum Gasteiger partial charge on any atom is 0.496 e. The van der Waals surface area contributed by atoms with E-state index in [-0.39, 0.29) is 0 Å². The maximum atomic E-state index is 12.9. The van der Waals surface area contributed by atoms with Gasteiger partial charge < -0.3 is 19.4 Å². The van der Waals surface area contributed by atoms with Crippen molar-refractivity contribution in [2.75, 3.05) is 5.32 Å². The van der Waals surface area contributed by atoms with Gasteiger partial charge in [0.2, 0.25) is 6.10 Å². The third-order valence-corrected chi connectivity index (χ3v) is 6.10. The number of anilines is 1. The highest BCUT2D eigenvalue weighted by molar-refractivity contribution is 6.65. The Morgan fingerprint density at radius 1 is 1.06 bits per heavy atom. The highest BCUT2D eigenvalue weighted by atomic mass is 35.5. The van der Waals surface area contributed by atoms with E-state index in [2.05, 4.69) is 5.32 Å². The first kappa shape index (κ1) is 23.3. The van der Waals surface area contributed by atoms with Crippen LogP contribution in [0.1, 0.15) is 51.8 Å². The highest BCUT2D eigenvalue weighted by Crippen LogP contribution is 2.37. The molecular weight excluding hydrogens is 417 g/mol. The number of carbonyl (C=O) groups is 2. The van der Waals surface area contributed by atoms with E-state index in [1.165, 1.54) is 6.92 Å². The summed E-state index contributed by atoms with van der Waals surface area (Å²) in [5, 5.41) is 3.18. The number of hydrogen-bond acceptors (Lipinski definition) is 5. The van der Waals surface area contributed by atoms with Crippen molar-refractivity contribution in [1.82, 2.24) is 0 Å². The number of carbonyl (C=O) groups excluding carboxylic acids is 2. The highest BCUT2D eigenvalue weighted by Gasteiger charge is 2.52. The summed E-state index contributed by atoms with van der Waals surface area (Å²) in [6.45, 7) is 11.0. The molecule has 8 heteroatoms. The minimum absolute atomic E-state index is 0.399. The lowest BCUT2D eigenvalue weighted by Gasteiger charge is -2.32. The fraction of sp³-hybridized carbons (Fsp3) is 0.391. The van der Waals surface area contributed by atoms with Crippen molar-refractivity contribution in [3.8, 4) is 0 Å². The molecule has 2 aromatic carbocycles. The lowest BCUT2D eigenvalue weighted by molar-refractivity contribution is -0.152. The van der Waals surface area contributed by atoms with Crippen LogP contribution in [0.25, 0.3) is 0 Å². The molecule has 0 aliphatic carbocycles. The smallest absolute Gasteiger partial charge is 0.447 e. The summed E-state index contributed by atoms with van der Waals surface area (Å²) in [5.74, 6) is -1.01. The lowest BCUT2D eigenvalue weighted by Crippen LogP contribution is -2.41. The molecule has 0 aromatic heterocycles. The Bertz CT molecular complexity index is 991. The van der Waals surface area contributed by atoms with E-state index in [1.54, 1.807) is 30.3 Å². The average Bonchev–Trinajstić information content (AvgIpc) is 2.87. The average molecular weight is 444 g/mol. The summed E-state index contributed by atoms with van der Waals surface area (Å²) in [5.41, 5.74) is 1.64. The second-order valence-electron chi connectivity index (χ2n) is 8.66. The van der Waals surface area contributed by atoms with Crippen LogP contribution in [0.15, 0.2) is 42.5 Å². The summed E-state index contributed by atoms with van der Waals surface area (Å²) in [6.07, 6.45) is -1.07. The lowest BCUT2D eigenvalue weighted by atomic mass is 9.79. The first-order valence-electron chi connectivity index (χ1n) is 10.1. The number of esters is 1. The van der Waals surface area contributed by atoms with Crippen molar-refractivity contribution < 1.29 is 23.6 Å². The molecule has 0 saturated carbocycles. The Kier molecular flexibility index (Phi) is 6.51. The minimum Gasteiger partial charge on any atom is -0.447 e. The third kappa shape index (κ3) is 4.95. The van der Waals surface area contributed by atoms with Crippen LogP contribution in [0, 0.1) is 6.92 Å². The predicted molar refractivity (Wildman–Crippen MR) is 121 cm³/mol. The third-order valence-electron chi connectivity index (χ3n) is 5.77. The fourth-order valence-electron chi connectivity index (χ4n) is 3.28. The van der Waals surface area contributed by atoms with Gasteiger partial charge in [-0.25, -0.2) is 0 Å². The second kappa shape index (κ2) is 8.65. The Morgan fingerprint density at radius 3 is 2.23 bits per heavy atom. The zero-order valence-electron chi connectivity index (χ0n) is 18.6. The van der Waals surface area contributed by atoms with Crippen LogP contribution in [0.3, 0.4) is 0 Å². The summed E-state index contributed by atoms with van der Waals surface area (Å²) in [4.78, 5) is 24.5. The molecular formula is C23H27BClNO5. The van der Waals surface area contributed by atoms with Gasteiger partial charge in [-0.15, -0.1) is 0 Å². The zero-order valence-corrected chi connectivity index (χ0v) is 19.4. The van der Waals surface area contributed by atoms with Crippen LogP contribution in [0.5, 0.6) is 0 Å². The van der Waals surface area contributed by atoms with Gasteiger partial charge in [0.25, 0.3) is 5.91 Å². The molecule has 0 radical (unpaired) electrons. The van der Waals surface area contributed by atoms with Crippen LogP contribution in [-0.2, 0) is 23.6 Å². The van der Waals surface area contributed by atoms with Gasteiger partial charge in [0.1, 0.15) is 0 Å². The molecule has 1 atom stereocenters.